The molecule has 0 bridgehead atoms. The van der Waals surface area contributed by atoms with Crippen molar-refractivity contribution in [1.29, 1.82) is 0 Å². The number of thiol groups is 1. The van der Waals surface area contributed by atoms with Crippen LogP contribution in [-0.2, 0) is 15.6 Å². The second-order valence-electron chi connectivity index (χ2n) is 3.62. The van der Waals surface area contributed by atoms with Crippen LogP contribution in [0.1, 0.15) is 4.88 Å². The van der Waals surface area contributed by atoms with Crippen molar-refractivity contribution in [3.05, 3.63) is 40.6 Å². The number of thiophene rings is 1. The first-order chi connectivity index (χ1) is 8.61. The second kappa shape index (κ2) is 5.34. The summed E-state index contributed by atoms with van der Waals surface area (Å²) < 4.78 is 25.0. The third-order valence-electron chi connectivity index (χ3n) is 2.57. The van der Waals surface area contributed by atoms with Crippen LogP contribution in [-0.4, -0.2) is 15.5 Å². The molecule has 0 aliphatic heterocycles. The molecule has 96 valence electrons. The highest BCUT2D eigenvalue weighted by molar-refractivity contribution is 7.91. The maximum absolute atomic E-state index is 12.5. The number of benzene rings is 1. The maximum atomic E-state index is 12.5. The fourth-order valence-electron chi connectivity index (χ4n) is 1.68. The molecule has 0 unspecified atom stereocenters. The van der Waals surface area contributed by atoms with E-state index in [-0.39, 0.29) is 0 Å². The average Bonchev–Trinajstić information content (AvgIpc) is 2.83. The van der Waals surface area contributed by atoms with Gasteiger partial charge in [-0.3, -0.25) is 0 Å². The van der Waals surface area contributed by atoms with E-state index < -0.39 is 9.84 Å². The molecule has 0 saturated carbocycles. The fraction of sp³-hybridized carbons (Fsp3) is 0.167. The Morgan fingerprint density at radius 1 is 1.28 bits per heavy atom. The maximum Gasteiger partial charge on any atom is 0.209 e. The van der Waals surface area contributed by atoms with Crippen molar-refractivity contribution in [2.45, 2.75) is 15.5 Å². The minimum atomic E-state index is -3.46. The van der Waals surface area contributed by atoms with E-state index >= 15 is 0 Å². The number of hydrogen-bond donors (Lipinski definition) is 2. The van der Waals surface area contributed by atoms with E-state index in [4.69, 9.17) is 0 Å². The quantitative estimate of drug-likeness (QED) is 0.853. The molecule has 1 heterocycles. The van der Waals surface area contributed by atoms with Crippen LogP contribution >= 0.6 is 24.0 Å². The van der Waals surface area contributed by atoms with Crippen LogP contribution in [0.3, 0.4) is 0 Å². The lowest BCUT2D eigenvalue weighted by Gasteiger charge is -2.07. The van der Waals surface area contributed by atoms with Crippen LogP contribution in [0.2, 0.25) is 0 Å². The van der Waals surface area contributed by atoms with Crippen molar-refractivity contribution < 1.29 is 8.42 Å². The number of anilines is 1. The van der Waals surface area contributed by atoms with Crippen molar-refractivity contribution in [3.8, 4) is 0 Å². The molecule has 0 amide bonds. The highest BCUT2D eigenvalue weighted by Gasteiger charge is 2.23. The van der Waals surface area contributed by atoms with Gasteiger partial charge in [-0.25, -0.2) is 8.42 Å². The zero-order valence-electron chi connectivity index (χ0n) is 9.75. The van der Waals surface area contributed by atoms with Crippen LogP contribution < -0.4 is 5.32 Å². The molecule has 0 aliphatic rings. The van der Waals surface area contributed by atoms with Gasteiger partial charge in [-0.15, -0.1) is 11.3 Å². The van der Waals surface area contributed by atoms with E-state index in [9.17, 15) is 8.42 Å². The van der Waals surface area contributed by atoms with Crippen LogP contribution in [0.15, 0.2) is 45.5 Å². The molecule has 0 atom stereocenters. The van der Waals surface area contributed by atoms with Crippen LogP contribution in [0.4, 0.5) is 5.69 Å². The molecule has 18 heavy (non-hydrogen) atoms. The Labute approximate surface area is 116 Å². The van der Waals surface area contributed by atoms with Gasteiger partial charge in [0.2, 0.25) is 9.84 Å². The van der Waals surface area contributed by atoms with Crippen molar-refractivity contribution in [3.63, 3.8) is 0 Å². The summed E-state index contributed by atoms with van der Waals surface area (Å²) in [6, 6.07) is 8.44. The Bertz CT molecular complexity index is 633. The standard InChI is InChI=1S/C12H13NO2S3/c1-13-12-10(7-16)17-8-11(12)18(14,15)9-5-3-2-4-6-9/h2-6,8,13,16H,7H2,1H3. The lowest BCUT2D eigenvalue weighted by Crippen LogP contribution is -2.04. The van der Waals surface area contributed by atoms with Gasteiger partial charge in [-0.1, -0.05) is 18.2 Å². The molecular weight excluding hydrogens is 286 g/mol. The van der Waals surface area contributed by atoms with Crippen molar-refractivity contribution in [1.82, 2.24) is 0 Å². The number of hydrogen-bond acceptors (Lipinski definition) is 5. The largest absolute Gasteiger partial charge is 0.386 e. The molecule has 2 aromatic rings. The van der Waals surface area contributed by atoms with E-state index in [0.717, 1.165) is 4.88 Å². The highest BCUT2D eigenvalue weighted by Crippen LogP contribution is 2.35. The molecule has 2 rings (SSSR count). The normalized spacial score (nSPS) is 11.4. The van der Waals surface area contributed by atoms with Gasteiger partial charge in [-0.2, -0.15) is 12.6 Å². The lowest BCUT2D eigenvalue weighted by molar-refractivity contribution is 0.596. The van der Waals surface area contributed by atoms with E-state index in [1.54, 1.807) is 42.8 Å². The first kappa shape index (κ1) is 13.5. The topological polar surface area (TPSA) is 46.2 Å². The van der Waals surface area contributed by atoms with Gasteiger partial charge < -0.3 is 5.32 Å². The number of nitrogens with one attached hydrogen (secondary N) is 1. The van der Waals surface area contributed by atoms with Crippen LogP contribution in [0.25, 0.3) is 0 Å². The smallest absolute Gasteiger partial charge is 0.209 e. The summed E-state index contributed by atoms with van der Waals surface area (Å²) in [5.41, 5.74) is 0.652. The summed E-state index contributed by atoms with van der Waals surface area (Å²) in [6.45, 7) is 0. The van der Waals surface area contributed by atoms with E-state index in [0.29, 0.717) is 21.2 Å². The van der Waals surface area contributed by atoms with Gasteiger partial charge in [0.15, 0.2) is 0 Å². The molecule has 3 nitrogen and oxygen atoms in total. The Balaban J connectivity index is 2.59. The first-order valence-electron chi connectivity index (χ1n) is 5.30. The van der Waals surface area contributed by atoms with Crippen molar-refractivity contribution >= 4 is 39.5 Å². The fourth-order valence-corrected chi connectivity index (χ4v) is 4.82. The van der Waals surface area contributed by atoms with Gasteiger partial charge >= 0.3 is 0 Å². The predicted molar refractivity (Wildman–Crippen MR) is 78.4 cm³/mol. The Morgan fingerprint density at radius 2 is 1.94 bits per heavy atom. The van der Waals surface area contributed by atoms with Crippen molar-refractivity contribution in [2.24, 2.45) is 0 Å². The summed E-state index contributed by atoms with van der Waals surface area (Å²) in [5, 5.41) is 4.62. The van der Waals surface area contributed by atoms with Gasteiger partial charge in [0.05, 0.1) is 10.6 Å². The minimum absolute atomic E-state index is 0.310. The van der Waals surface area contributed by atoms with Gasteiger partial charge in [-0.05, 0) is 12.1 Å². The van der Waals surface area contributed by atoms with E-state index in [1.807, 2.05) is 0 Å². The zero-order valence-corrected chi connectivity index (χ0v) is 12.3. The third kappa shape index (κ3) is 2.28. The van der Waals surface area contributed by atoms with Gasteiger partial charge in [0, 0.05) is 23.1 Å². The van der Waals surface area contributed by atoms with E-state index in [2.05, 4.69) is 17.9 Å². The van der Waals surface area contributed by atoms with Crippen LogP contribution in [0, 0.1) is 0 Å². The molecule has 6 heteroatoms. The first-order valence-corrected chi connectivity index (χ1v) is 8.30. The highest BCUT2D eigenvalue weighted by atomic mass is 32.2. The summed E-state index contributed by atoms with van der Waals surface area (Å²) in [5.74, 6) is 0.519. The summed E-state index contributed by atoms with van der Waals surface area (Å²) in [4.78, 5) is 1.56. The number of rotatable bonds is 4. The van der Waals surface area contributed by atoms with Crippen molar-refractivity contribution in [2.75, 3.05) is 12.4 Å². The minimum Gasteiger partial charge on any atom is -0.386 e. The Hall–Kier alpha value is -0.980. The Kier molecular flexibility index (Phi) is 3.99. The molecule has 0 saturated heterocycles. The summed E-state index contributed by atoms with van der Waals surface area (Å²) >= 11 is 5.61. The summed E-state index contributed by atoms with van der Waals surface area (Å²) in [7, 11) is -1.74. The molecule has 1 aromatic carbocycles. The number of sulfone groups is 1. The molecule has 0 radical (unpaired) electrons. The van der Waals surface area contributed by atoms with Crippen LogP contribution in [0.5, 0.6) is 0 Å². The predicted octanol–water partition coefficient (Wildman–Crippen LogP) is 3.05. The molecule has 1 aromatic heterocycles. The van der Waals surface area contributed by atoms with Gasteiger partial charge in [0.1, 0.15) is 4.90 Å². The summed E-state index contributed by atoms with van der Waals surface area (Å²) in [6.07, 6.45) is 0. The molecule has 0 aliphatic carbocycles. The average molecular weight is 299 g/mol. The van der Waals surface area contributed by atoms with E-state index in [1.165, 1.54) is 11.3 Å². The third-order valence-corrected chi connectivity index (χ3v) is 6.03. The molecule has 0 spiro atoms. The van der Waals surface area contributed by atoms with Gasteiger partial charge in [0.25, 0.3) is 0 Å². The second-order valence-corrected chi connectivity index (χ2v) is 6.82. The SMILES string of the molecule is CNc1c(S(=O)(=O)c2ccccc2)csc1CS. The molecular formula is C12H13NO2S3. The zero-order chi connectivity index (χ0) is 13.2. The lowest BCUT2D eigenvalue weighted by atomic mass is 10.4. The molecule has 1 N–H and O–H groups in total. The monoisotopic (exact) mass is 299 g/mol. The Morgan fingerprint density at radius 3 is 2.50 bits per heavy atom. The molecule has 0 fully saturated rings.